The molecule has 1 aromatic carbocycles. The minimum absolute atomic E-state index is 0.0498. The van der Waals surface area contributed by atoms with Gasteiger partial charge in [-0.3, -0.25) is 4.68 Å². The number of benzene rings is 1. The lowest BCUT2D eigenvalue weighted by Crippen LogP contribution is -2.26. The summed E-state index contributed by atoms with van der Waals surface area (Å²) in [5.74, 6) is -0.259. The highest BCUT2D eigenvalue weighted by Crippen LogP contribution is 2.32. The summed E-state index contributed by atoms with van der Waals surface area (Å²) in [7, 11) is 0. The Balaban J connectivity index is 2.53. The van der Waals surface area contributed by atoms with E-state index >= 15 is 0 Å². The lowest BCUT2D eigenvalue weighted by molar-refractivity contribution is 0.475. The fraction of sp³-hybridized carbons (Fsp3) is 0.400. The molecule has 0 saturated carbocycles. The number of hydrogen-bond donors (Lipinski definition) is 1. The van der Waals surface area contributed by atoms with E-state index in [0.717, 1.165) is 22.3 Å². The van der Waals surface area contributed by atoms with Crippen LogP contribution in [-0.2, 0) is 0 Å². The first-order valence-electron chi connectivity index (χ1n) is 6.87. The average molecular weight is 419 g/mol. The zero-order valence-electron chi connectivity index (χ0n) is 12.2. The number of aromatic nitrogens is 2. The highest BCUT2D eigenvalue weighted by atomic mass is 79.9. The molecule has 2 aromatic rings. The SMILES string of the molecule is CCNC(c1ccc(F)c(Br)c1)c1c(Br)cnn1C(C)C. The topological polar surface area (TPSA) is 29.9 Å². The van der Waals surface area contributed by atoms with Crippen molar-refractivity contribution in [3.05, 3.63) is 50.4 Å². The lowest BCUT2D eigenvalue weighted by Gasteiger charge is -2.22. The van der Waals surface area contributed by atoms with Crippen LogP contribution in [-0.4, -0.2) is 16.3 Å². The predicted octanol–water partition coefficient (Wildman–Crippen LogP) is 4.83. The van der Waals surface area contributed by atoms with Gasteiger partial charge in [0.05, 0.1) is 26.9 Å². The van der Waals surface area contributed by atoms with E-state index in [1.54, 1.807) is 12.3 Å². The van der Waals surface area contributed by atoms with Crippen molar-refractivity contribution in [3.63, 3.8) is 0 Å². The van der Waals surface area contributed by atoms with Gasteiger partial charge in [-0.25, -0.2) is 4.39 Å². The Kier molecular flexibility index (Phi) is 5.57. The van der Waals surface area contributed by atoms with Crippen molar-refractivity contribution in [1.82, 2.24) is 15.1 Å². The Hall–Kier alpha value is -0.720. The summed E-state index contributed by atoms with van der Waals surface area (Å²) in [5, 5.41) is 7.88. The van der Waals surface area contributed by atoms with Gasteiger partial charge in [0.2, 0.25) is 0 Å². The third-order valence-electron chi connectivity index (χ3n) is 3.23. The monoisotopic (exact) mass is 417 g/mol. The van der Waals surface area contributed by atoms with Crippen LogP contribution in [0.25, 0.3) is 0 Å². The zero-order chi connectivity index (χ0) is 15.6. The third kappa shape index (κ3) is 3.55. The molecule has 114 valence electrons. The molecule has 0 fully saturated rings. The summed E-state index contributed by atoms with van der Waals surface area (Å²) in [6, 6.07) is 5.29. The molecule has 3 nitrogen and oxygen atoms in total. The van der Waals surface area contributed by atoms with E-state index < -0.39 is 0 Å². The molecule has 0 spiro atoms. The number of halogens is 3. The molecule has 0 bridgehead atoms. The fourth-order valence-electron chi connectivity index (χ4n) is 2.30. The molecule has 1 aromatic heterocycles. The average Bonchev–Trinajstić information content (AvgIpc) is 2.81. The van der Waals surface area contributed by atoms with Crippen LogP contribution in [0.4, 0.5) is 4.39 Å². The van der Waals surface area contributed by atoms with Crippen molar-refractivity contribution in [1.29, 1.82) is 0 Å². The molecule has 0 saturated heterocycles. The van der Waals surface area contributed by atoms with Crippen LogP contribution < -0.4 is 5.32 Å². The first-order valence-corrected chi connectivity index (χ1v) is 8.45. The molecule has 21 heavy (non-hydrogen) atoms. The van der Waals surface area contributed by atoms with Gasteiger partial charge in [0, 0.05) is 6.04 Å². The summed E-state index contributed by atoms with van der Waals surface area (Å²) in [6.45, 7) is 7.03. The van der Waals surface area contributed by atoms with Gasteiger partial charge in [-0.2, -0.15) is 5.10 Å². The molecular weight excluding hydrogens is 401 g/mol. The van der Waals surface area contributed by atoms with E-state index in [9.17, 15) is 4.39 Å². The number of nitrogens with one attached hydrogen (secondary N) is 1. The summed E-state index contributed by atoms with van der Waals surface area (Å²) >= 11 is 6.84. The van der Waals surface area contributed by atoms with Crippen LogP contribution in [0.2, 0.25) is 0 Å². The van der Waals surface area contributed by atoms with Gasteiger partial charge in [-0.15, -0.1) is 0 Å². The first kappa shape index (κ1) is 16.6. The summed E-state index contributed by atoms with van der Waals surface area (Å²) in [4.78, 5) is 0. The predicted molar refractivity (Wildman–Crippen MR) is 89.9 cm³/mol. The lowest BCUT2D eigenvalue weighted by atomic mass is 10.0. The molecule has 2 rings (SSSR count). The van der Waals surface area contributed by atoms with Gasteiger partial charge >= 0.3 is 0 Å². The largest absolute Gasteiger partial charge is 0.305 e. The molecular formula is C15H18Br2FN3. The van der Waals surface area contributed by atoms with E-state index in [2.05, 4.69) is 63.0 Å². The molecule has 1 unspecified atom stereocenters. The fourth-order valence-corrected chi connectivity index (χ4v) is 3.20. The van der Waals surface area contributed by atoms with E-state index in [-0.39, 0.29) is 17.9 Å². The van der Waals surface area contributed by atoms with Crippen molar-refractivity contribution in [2.24, 2.45) is 0 Å². The molecule has 1 atom stereocenters. The maximum Gasteiger partial charge on any atom is 0.137 e. The van der Waals surface area contributed by atoms with Crippen LogP contribution in [0.1, 0.15) is 44.1 Å². The summed E-state index contributed by atoms with van der Waals surface area (Å²) < 4.78 is 16.9. The molecule has 0 amide bonds. The molecule has 0 aliphatic rings. The molecule has 1 N–H and O–H groups in total. The van der Waals surface area contributed by atoms with Crippen molar-refractivity contribution < 1.29 is 4.39 Å². The molecule has 0 aliphatic carbocycles. The summed E-state index contributed by atoms with van der Waals surface area (Å²) in [5.41, 5.74) is 2.04. The van der Waals surface area contributed by atoms with Gasteiger partial charge < -0.3 is 5.32 Å². The van der Waals surface area contributed by atoms with Gasteiger partial charge in [-0.05, 0) is 69.9 Å². The van der Waals surface area contributed by atoms with Gasteiger partial charge in [0.1, 0.15) is 5.82 Å². The Bertz CT molecular complexity index is 625. The Morgan fingerprint density at radius 3 is 2.57 bits per heavy atom. The highest BCUT2D eigenvalue weighted by molar-refractivity contribution is 9.10. The molecule has 0 radical (unpaired) electrons. The molecule has 1 heterocycles. The first-order chi connectivity index (χ1) is 9.95. The van der Waals surface area contributed by atoms with Crippen LogP contribution in [0.15, 0.2) is 33.3 Å². The smallest absolute Gasteiger partial charge is 0.137 e. The number of rotatable bonds is 5. The second kappa shape index (κ2) is 7.03. The highest BCUT2D eigenvalue weighted by Gasteiger charge is 2.23. The van der Waals surface area contributed by atoms with Crippen molar-refractivity contribution in [2.45, 2.75) is 32.9 Å². The van der Waals surface area contributed by atoms with Crippen LogP contribution in [0.5, 0.6) is 0 Å². The second-order valence-electron chi connectivity index (χ2n) is 5.08. The number of hydrogen-bond acceptors (Lipinski definition) is 2. The number of nitrogens with zero attached hydrogens (tertiary/aromatic N) is 2. The van der Waals surface area contributed by atoms with E-state index in [4.69, 9.17) is 0 Å². The molecule has 6 heteroatoms. The quantitative estimate of drug-likeness (QED) is 0.753. The van der Waals surface area contributed by atoms with E-state index in [1.807, 2.05) is 10.7 Å². The Morgan fingerprint density at radius 2 is 2.00 bits per heavy atom. The van der Waals surface area contributed by atoms with Crippen LogP contribution in [0, 0.1) is 5.82 Å². The van der Waals surface area contributed by atoms with Crippen LogP contribution >= 0.6 is 31.9 Å². The van der Waals surface area contributed by atoms with Gasteiger partial charge in [0.25, 0.3) is 0 Å². The third-order valence-corrected chi connectivity index (χ3v) is 4.45. The second-order valence-corrected chi connectivity index (χ2v) is 6.79. The van der Waals surface area contributed by atoms with E-state index in [0.29, 0.717) is 4.47 Å². The Labute approximate surface area is 141 Å². The van der Waals surface area contributed by atoms with Crippen molar-refractivity contribution >= 4 is 31.9 Å². The normalized spacial score (nSPS) is 12.9. The zero-order valence-corrected chi connectivity index (χ0v) is 15.4. The molecule has 0 aliphatic heterocycles. The van der Waals surface area contributed by atoms with Crippen molar-refractivity contribution in [3.8, 4) is 0 Å². The van der Waals surface area contributed by atoms with Gasteiger partial charge in [0.15, 0.2) is 0 Å². The van der Waals surface area contributed by atoms with Gasteiger partial charge in [-0.1, -0.05) is 13.0 Å². The minimum Gasteiger partial charge on any atom is -0.305 e. The van der Waals surface area contributed by atoms with Crippen LogP contribution in [0.3, 0.4) is 0 Å². The van der Waals surface area contributed by atoms with E-state index in [1.165, 1.54) is 6.07 Å². The minimum atomic E-state index is -0.259. The summed E-state index contributed by atoms with van der Waals surface area (Å²) in [6.07, 6.45) is 1.80. The van der Waals surface area contributed by atoms with Crippen molar-refractivity contribution in [2.75, 3.05) is 6.54 Å². The maximum atomic E-state index is 13.5. The Morgan fingerprint density at radius 1 is 1.29 bits per heavy atom. The standard InChI is InChI=1S/C15H18Br2FN3/c1-4-19-14(10-5-6-13(18)11(16)7-10)15-12(17)8-20-21(15)9(2)3/h5-9,14,19H,4H2,1-3H3. The maximum absolute atomic E-state index is 13.5.